The SMILES string of the molecule is CN(Cc1nc2ccnc(N3CCN(C(=O)OCC4c5ccccc5-c5ccccc54)CC3)n2c1CO)C1CCCc2cccnc21. The van der Waals surface area contributed by atoms with Crippen LogP contribution in [0.25, 0.3) is 16.8 Å². The molecule has 0 saturated carbocycles. The first-order chi connectivity index (χ1) is 23.1. The van der Waals surface area contributed by atoms with Crippen molar-refractivity contribution in [3.63, 3.8) is 0 Å². The lowest BCUT2D eigenvalue weighted by molar-refractivity contribution is 0.0975. The summed E-state index contributed by atoms with van der Waals surface area (Å²) in [4.78, 5) is 33.9. The highest BCUT2D eigenvalue weighted by Crippen LogP contribution is 2.44. The smallest absolute Gasteiger partial charge is 0.409 e. The number of piperazine rings is 1. The maximum Gasteiger partial charge on any atom is 0.409 e. The Labute approximate surface area is 274 Å². The molecule has 0 spiro atoms. The monoisotopic (exact) mass is 629 g/mol. The van der Waals surface area contributed by atoms with Crippen molar-refractivity contribution in [2.24, 2.45) is 0 Å². The van der Waals surface area contributed by atoms with Gasteiger partial charge in [-0.1, -0.05) is 54.6 Å². The van der Waals surface area contributed by atoms with Gasteiger partial charge in [0.1, 0.15) is 12.3 Å². The molecule has 4 heterocycles. The van der Waals surface area contributed by atoms with E-state index in [0.717, 1.165) is 47.9 Å². The number of aliphatic hydroxyl groups is 1. The molecule has 3 aromatic heterocycles. The van der Waals surface area contributed by atoms with Gasteiger partial charge in [0.05, 0.1) is 29.7 Å². The van der Waals surface area contributed by atoms with Gasteiger partial charge in [0.25, 0.3) is 0 Å². The van der Waals surface area contributed by atoms with Crippen molar-refractivity contribution in [3.8, 4) is 11.1 Å². The molecule has 47 heavy (non-hydrogen) atoms. The average molecular weight is 630 g/mol. The minimum absolute atomic E-state index is 0.0324. The number of ether oxygens (including phenoxy) is 1. The van der Waals surface area contributed by atoms with Crippen LogP contribution in [0.1, 0.15) is 58.6 Å². The Morgan fingerprint density at radius 3 is 2.43 bits per heavy atom. The normalized spacial score (nSPS) is 17.6. The fourth-order valence-electron chi connectivity index (χ4n) is 7.73. The number of nitrogens with zero attached hydrogens (tertiary/aromatic N) is 7. The molecule has 8 rings (SSSR count). The number of carbonyl (C=O) groups is 1. The standard InChI is InChI=1S/C37H39N7O3/c1-41(32-14-6-8-25-9-7-16-38-35(25)32)22-31-33(23-45)44-34(40-31)15-17-39-36(44)42-18-20-43(21-19-42)37(46)47-24-30-28-12-4-2-10-26(28)27-11-3-5-13-29(27)30/h2-5,7,9-13,15-17,30,32,45H,6,8,14,18-24H2,1H3. The molecule has 2 aliphatic carbocycles. The van der Waals surface area contributed by atoms with Gasteiger partial charge in [0.15, 0.2) is 0 Å². The number of benzene rings is 2. The van der Waals surface area contributed by atoms with Gasteiger partial charge in [0, 0.05) is 51.0 Å². The maximum atomic E-state index is 13.3. The quantitative estimate of drug-likeness (QED) is 0.263. The number of anilines is 1. The van der Waals surface area contributed by atoms with E-state index >= 15 is 0 Å². The largest absolute Gasteiger partial charge is 0.448 e. The molecule has 10 heteroatoms. The number of amides is 1. The summed E-state index contributed by atoms with van der Waals surface area (Å²) >= 11 is 0. The average Bonchev–Trinajstić information content (AvgIpc) is 3.65. The number of pyridine rings is 1. The molecular weight excluding hydrogens is 590 g/mol. The lowest BCUT2D eigenvalue weighted by Crippen LogP contribution is -2.49. The van der Waals surface area contributed by atoms with Crippen molar-refractivity contribution in [3.05, 3.63) is 113 Å². The van der Waals surface area contributed by atoms with Crippen LogP contribution in [0, 0.1) is 0 Å². The number of fused-ring (bicyclic) bond motifs is 5. The summed E-state index contributed by atoms with van der Waals surface area (Å²) in [5, 5.41) is 10.6. The summed E-state index contributed by atoms with van der Waals surface area (Å²) in [6, 6.07) is 23.0. The Bertz CT molecular complexity index is 1890. The second kappa shape index (κ2) is 12.4. The number of carbonyl (C=O) groups excluding carboxylic acids is 1. The summed E-state index contributed by atoms with van der Waals surface area (Å²) in [5.41, 5.74) is 9.63. The Hall–Kier alpha value is -4.80. The van der Waals surface area contributed by atoms with Crippen LogP contribution in [0.15, 0.2) is 79.1 Å². The molecule has 1 amide bonds. The van der Waals surface area contributed by atoms with Gasteiger partial charge in [-0.3, -0.25) is 14.3 Å². The Morgan fingerprint density at radius 2 is 1.68 bits per heavy atom. The third-order valence-corrected chi connectivity index (χ3v) is 10.1. The van der Waals surface area contributed by atoms with Gasteiger partial charge >= 0.3 is 6.09 Å². The van der Waals surface area contributed by atoms with Crippen molar-refractivity contribution in [1.29, 1.82) is 0 Å². The highest BCUT2D eigenvalue weighted by atomic mass is 16.6. The van der Waals surface area contributed by atoms with Crippen molar-refractivity contribution >= 4 is 17.7 Å². The fraction of sp³-hybridized carbons (Fsp3) is 0.351. The van der Waals surface area contributed by atoms with Crippen LogP contribution < -0.4 is 4.90 Å². The van der Waals surface area contributed by atoms with Gasteiger partial charge in [-0.15, -0.1) is 0 Å². The van der Waals surface area contributed by atoms with Crippen molar-refractivity contribution < 1.29 is 14.6 Å². The molecule has 1 aliphatic heterocycles. The van der Waals surface area contributed by atoms with Crippen LogP contribution in [-0.4, -0.2) is 80.2 Å². The zero-order chi connectivity index (χ0) is 31.9. The molecule has 1 fully saturated rings. The molecule has 10 nitrogen and oxygen atoms in total. The highest BCUT2D eigenvalue weighted by Gasteiger charge is 2.32. The predicted molar refractivity (Wildman–Crippen MR) is 179 cm³/mol. The zero-order valence-corrected chi connectivity index (χ0v) is 26.6. The van der Waals surface area contributed by atoms with Crippen LogP contribution in [0.5, 0.6) is 0 Å². The molecule has 1 atom stereocenters. The fourth-order valence-corrected chi connectivity index (χ4v) is 7.73. The number of aliphatic hydroxyl groups excluding tert-OH is 1. The second-order valence-corrected chi connectivity index (χ2v) is 12.8. The van der Waals surface area contributed by atoms with Crippen LogP contribution in [0.2, 0.25) is 0 Å². The maximum absolute atomic E-state index is 13.3. The van der Waals surface area contributed by atoms with E-state index in [1.165, 1.54) is 27.8 Å². The third kappa shape index (κ3) is 5.31. The molecule has 5 aromatic rings. The van der Waals surface area contributed by atoms with E-state index in [0.29, 0.717) is 39.3 Å². The Kier molecular flexibility index (Phi) is 7.82. The first-order valence-corrected chi connectivity index (χ1v) is 16.6. The van der Waals surface area contributed by atoms with E-state index in [1.807, 2.05) is 34.9 Å². The van der Waals surface area contributed by atoms with Crippen LogP contribution >= 0.6 is 0 Å². The first-order valence-electron chi connectivity index (χ1n) is 16.6. The number of rotatable bonds is 7. The van der Waals surface area contributed by atoms with Crippen molar-refractivity contribution in [2.75, 3.05) is 44.7 Å². The number of aryl methyl sites for hydroxylation is 1. The Morgan fingerprint density at radius 1 is 0.936 bits per heavy atom. The molecular formula is C37H39N7O3. The topological polar surface area (TPSA) is 99.3 Å². The van der Waals surface area contributed by atoms with E-state index in [2.05, 4.69) is 59.3 Å². The molecule has 240 valence electrons. The minimum Gasteiger partial charge on any atom is -0.448 e. The van der Waals surface area contributed by atoms with Gasteiger partial charge in [-0.05, 0) is 66.3 Å². The van der Waals surface area contributed by atoms with E-state index in [1.54, 1.807) is 11.1 Å². The number of aromatic nitrogens is 4. The van der Waals surface area contributed by atoms with Crippen LogP contribution in [0.4, 0.5) is 10.7 Å². The predicted octanol–water partition coefficient (Wildman–Crippen LogP) is 5.20. The van der Waals surface area contributed by atoms with E-state index in [-0.39, 0.29) is 24.7 Å². The minimum atomic E-state index is -0.291. The summed E-state index contributed by atoms with van der Waals surface area (Å²) in [6.45, 7) is 2.97. The third-order valence-electron chi connectivity index (χ3n) is 10.1. The Balaban J connectivity index is 0.949. The van der Waals surface area contributed by atoms with E-state index in [9.17, 15) is 9.90 Å². The molecule has 0 radical (unpaired) electrons. The van der Waals surface area contributed by atoms with Crippen molar-refractivity contribution in [2.45, 2.75) is 44.4 Å². The molecule has 2 aromatic carbocycles. The molecule has 1 N–H and O–H groups in total. The van der Waals surface area contributed by atoms with Gasteiger partial charge in [-0.25, -0.2) is 14.8 Å². The molecule has 1 saturated heterocycles. The summed E-state index contributed by atoms with van der Waals surface area (Å²) in [7, 11) is 2.11. The first kappa shape index (κ1) is 29.6. The summed E-state index contributed by atoms with van der Waals surface area (Å²) < 4.78 is 7.91. The molecule has 0 bridgehead atoms. The number of hydrogen-bond acceptors (Lipinski definition) is 8. The zero-order valence-electron chi connectivity index (χ0n) is 26.6. The van der Waals surface area contributed by atoms with Crippen LogP contribution in [0.3, 0.4) is 0 Å². The van der Waals surface area contributed by atoms with E-state index in [4.69, 9.17) is 19.7 Å². The molecule has 1 unspecified atom stereocenters. The number of hydrogen-bond donors (Lipinski definition) is 1. The van der Waals surface area contributed by atoms with Gasteiger partial charge in [0.2, 0.25) is 5.95 Å². The lowest BCUT2D eigenvalue weighted by Gasteiger charge is -2.35. The van der Waals surface area contributed by atoms with Gasteiger partial charge < -0.3 is 19.6 Å². The lowest BCUT2D eigenvalue weighted by atomic mass is 9.91. The second-order valence-electron chi connectivity index (χ2n) is 12.8. The highest BCUT2D eigenvalue weighted by molar-refractivity contribution is 5.79. The van der Waals surface area contributed by atoms with Crippen LogP contribution in [-0.2, 0) is 24.3 Å². The van der Waals surface area contributed by atoms with Gasteiger partial charge in [-0.2, -0.15) is 0 Å². The number of imidazole rings is 1. The van der Waals surface area contributed by atoms with Crippen molar-refractivity contribution in [1.82, 2.24) is 29.2 Å². The summed E-state index contributed by atoms with van der Waals surface area (Å²) in [5.74, 6) is 0.759. The summed E-state index contributed by atoms with van der Waals surface area (Å²) in [6.07, 6.45) is 6.59. The molecule has 3 aliphatic rings. The van der Waals surface area contributed by atoms with E-state index < -0.39 is 0 Å².